The number of hydrogen-bond acceptors (Lipinski definition) is 4. The monoisotopic (exact) mass is 403 g/mol. The molecule has 2 heterocycles. The fourth-order valence-electron chi connectivity index (χ4n) is 2.90. The van der Waals surface area contributed by atoms with Gasteiger partial charge in [0.2, 0.25) is 0 Å². The van der Waals surface area contributed by atoms with Gasteiger partial charge in [-0.1, -0.05) is 24.3 Å². The number of rotatable bonds is 5. The Morgan fingerprint density at radius 2 is 1.86 bits per heavy atom. The highest BCUT2D eigenvalue weighted by Gasteiger charge is 2.22. The summed E-state index contributed by atoms with van der Waals surface area (Å²) in [4.78, 5) is 27.6. The predicted molar refractivity (Wildman–Crippen MR) is 115 cm³/mol. The second-order valence-corrected chi connectivity index (χ2v) is 7.44. The summed E-state index contributed by atoms with van der Waals surface area (Å²) in [5.74, 6) is -1.16. The third kappa shape index (κ3) is 4.64. The second-order valence-electron chi connectivity index (χ2n) is 6.41. The van der Waals surface area contributed by atoms with Crippen molar-refractivity contribution >= 4 is 40.6 Å². The van der Waals surface area contributed by atoms with E-state index in [1.165, 1.54) is 11.8 Å². The SMILES string of the molecule is O=C(O)Cc1ccc(NC2=NC(=O)/C(=C\c3cccc(-n4cccc4)c3)S2)cc1. The van der Waals surface area contributed by atoms with Gasteiger partial charge in [0.1, 0.15) is 0 Å². The first-order chi connectivity index (χ1) is 14.1. The van der Waals surface area contributed by atoms with Crippen LogP contribution in [-0.2, 0) is 16.0 Å². The zero-order valence-electron chi connectivity index (χ0n) is 15.3. The summed E-state index contributed by atoms with van der Waals surface area (Å²) in [6.45, 7) is 0. The number of carbonyl (C=O) groups excluding carboxylic acids is 1. The van der Waals surface area contributed by atoms with Crippen LogP contribution in [0.5, 0.6) is 0 Å². The molecule has 0 bridgehead atoms. The quantitative estimate of drug-likeness (QED) is 0.624. The number of carboxylic acid groups (broad SMARTS) is 1. The number of aromatic nitrogens is 1. The van der Waals surface area contributed by atoms with Crippen LogP contribution in [0.25, 0.3) is 11.8 Å². The van der Waals surface area contributed by atoms with Crippen molar-refractivity contribution in [1.82, 2.24) is 4.57 Å². The van der Waals surface area contributed by atoms with E-state index < -0.39 is 5.97 Å². The molecule has 0 radical (unpaired) electrons. The van der Waals surface area contributed by atoms with Crippen LogP contribution in [0.1, 0.15) is 11.1 Å². The van der Waals surface area contributed by atoms with Gasteiger partial charge < -0.3 is 15.0 Å². The van der Waals surface area contributed by atoms with Crippen LogP contribution in [0.3, 0.4) is 0 Å². The lowest BCUT2D eigenvalue weighted by atomic mass is 10.1. The highest BCUT2D eigenvalue weighted by atomic mass is 32.2. The predicted octanol–water partition coefficient (Wildman–Crippen LogP) is 4.19. The summed E-state index contributed by atoms with van der Waals surface area (Å²) < 4.78 is 2.00. The minimum Gasteiger partial charge on any atom is -0.481 e. The molecular formula is C22H17N3O3S. The van der Waals surface area contributed by atoms with Gasteiger partial charge in [0.25, 0.3) is 5.91 Å². The maximum atomic E-state index is 12.3. The molecule has 0 atom stereocenters. The van der Waals surface area contributed by atoms with Gasteiger partial charge >= 0.3 is 5.97 Å². The van der Waals surface area contributed by atoms with E-state index >= 15 is 0 Å². The summed E-state index contributed by atoms with van der Waals surface area (Å²) >= 11 is 1.28. The molecule has 2 aromatic carbocycles. The maximum absolute atomic E-state index is 12.3. The summed E-state index contributed by atoms with van der Waals surface area (Å²) in [5, 5.41) is 12.4. The molecule has 1 aliphatic rings. The van der Waals surface area contributed by atoms with E-state index in [2.05, 4.69) is 10.3 Å². The van der Waals surface area contributed by atoms with Crippen LogP contribution >= 0.6 is 11.8 Å². The van der Waals surface area contributed by atoms with Crippen molar-refractivity contribution in [2.45, 2.75) is 6.42 Å². The van der Waals surface area contributed by atoms with Gasteiger partial charge in [0, 0.05) is 23.8 Å². The lowest BCUT2D eigenvalue weighted by Crippen LogP contribution is -2.05. The number of aliphatic carboxylic acids is 1. The van der Waals surface area contributed by atoms with Gasteiger partial charge in [-0.25, -0.2) is 0 Å². The molecule has 144 valence electrons. The molecule has 4 rings (SSSR count). The molecule has 0 aliphatic carbocycles. The summed E-state index contributed by atoms with van der Waals surface area (Å²) in [6, 6.07) is 18.8. The van der Waals surface area contributed by atoms with Gasteiger partial charge in [-0.15, -0.1) is 0 Å². The van der Waals surface area contributed by atoms with Crippen LogP contribution in [0.2, 0.25) is 0 Å². The summed E-state index contributed by atoms with van der Waals surface area (Å²) in [6.07, 6.45) is 5.74. The fraction of sp³-hybridized carbons (Fsp3) is 0.0455. The average molecular weight is 403 g/mol. The summed E-state index contributed by atoms with van der Waals surface area (Å²) in [7, 11) is 0. The highest BCUT2D eigenvalue weighted by molar-refractivity contribution is 8.18. The number of carbonyl (C=O) groups is 2. The Balaban J connectivity index is 1.45. The molecule has 0 fully saturated rings. The molecule has 3 aromatic rings. The third-order valence-corrected chi connectivity index (χ3v) is 5.15. The van der Waals surface area contributed by atoms with Crippen LogP contribution in [0.4, 0.5) is 5.69 Å². The maximum Gasteiger partial charge on any atom is 0.307 e. The lowest BCUT2D eigenvalue weighted by Gasteiger charge is -2.06. The topological polar surface area (TPSA) is 83.7 Å². The van der Waals surface area contributed by atoms with Crippen molar-refractivity contribution in [2.24, 2.45) is 4.99 Å². The van der Waals surface area contributed by atoms with Crippen molar-refractivity contribution in [2.75, 3.05) is 5.32 Å². The third-order valence-electron chi connectivity index (χ3n) is 4.25. The molecule has 6 nitrogen and oxygen atoms in total. The van der Waals surface area contributed by atoms with E-state index in [0.717, 1.165) is 16.9 Å². The Morgan fingerprint density at radius 3 is 2.59 bits per heavy atom. The van der Waals surface area contributed by atoms with Gasteiger partial charge in [0.15, 0.2) is 5.17 Å². The van der Waals surface area contributed by atoms with E-state index in [1.807, 2.05) is 59.4 Å². The number of benzene rings is 2. The van der Waals surface area contributed by atoms with Gasteiger partial charge in [-0.3, -0.25) is 9.59 Å². The van der Waals surface area contributed by atoms with Gasteiger partial charge in [0.05, 0.1) is 11.3 Å². The number of carboxylic acids is 1. The Bertz CT molecular complexity index is 1120. The molecule has 1 amide bonds. The number of anilines is 1. The minimum absolute atomic E-state index is 0.0244. The lowest BCUT2D eigenvalue weighted by molar-refractivity contribution is -0.136. The number of amides is 1. The summed E-state index contributed by atoms with van der Waals surface area (Å²) in [5.41, 5.74) is 3.39. The van der Waals surface area contributed by atoms with Gasteiger partial charge in [-0.2, -0.15) is 4.99 Å². The van der Waals surface area contributed by atoms with Crippen LogP contribution in [-0.4, -0.2) is 26.7 Å². The van der Waals surface area contributed by atoms with Crippen LogP contribution < -0.4 is 5.32 Å². The smallest absolute Gasteiger partial charge is 0.307 e. The molecule has 0 unspecified atom stereocenters. The molecule has 29 heavy (non-hydrogen) atoms. The van der Waals surface area contributed by atoms with Crippen molar-refractivity contribution < 1.29 is 14.7 Å². The largest absolute Gasteiger partial charge is 0.481 e. The first-order valence-electron chi connectivity index (χ1n) is 8.90. The number of thioether (sulfide) groups is 1. The van der Waals surface area contributed by atoms with Crippen LogP contribution in [0.15, 0.2) is 83.0 Å². The number of nitrogens with one attached hydrogen (secondary N) is 1. The van der Waals surface area contributed by atoms with Crippen molar-refractivity contribution in [3.05, 3.63) is 89.1 Å². The molecular weight excluding hydrogens is 386 g/mol. The molecule has 0 spiro atoms. The van der Waals surface area contributed by atoms with Crippen molar-refractivity contribution in [1.29, 1.82) is 0 Å². The minimum atomic E-state index is -0.873. The zero-order chi connectivity index (χ0) is 20.2. The Morgan fingerprint density at radius 1 is 1.10 bits per heavy atom. The van der Waals surface area contributed by atoms with Crippen molar-refractivity contribution in [3.63, 3.8) is 0 Å². The van der Waals surface area contributed by atoms with E-state index in [1.54, 1.807) is 24.3 Å². The number of nitrogens with zero attached hydrogens (tertiary/aromatic N) is 2. The molecule has 1 aromatic heterocycles. The second kappa shape index (κ2) is 8.20. The van der Waals surface area contributed by atoms with E-state index in [9.17, 15) is 9.59 Å². The number of amidine groups is 1. The Hall–Kier alpha value is -3.58. The first kappa shape index (κ1) is 18.8. The van der Waals surface area contributed by atoms with E-state index in [-0.39, 0.29) is 12.3 Å². The fourth-order valence-corrected chi connectivity index (χ4v) is 3.73. The first-order valence-corrected chi connectivity index (χ1v) is 9.72. The van der Waals surface area contributed by atoms with Crippen LogP contribution in [0, 0.1) is 0 Å². The molecule has 7 heteroatoms. The standard InChI is InChI=1S/C22H17N3O3S/c26-20(27)14-15-6-8-17(9-7-15)23-22-24-21(28)19(29-22)13-16-4-3-5-18(12-16)25-10-1-2-11-25/h1-13H,14H2,(H,26,27)(H,23,24,28)/b19-13+. The average Bonchev–Trinajstić information content (AvgIpc) is 3.34. The molecule has 0 saturated heterocycles. The zero-order valence-corrected chi connectivity index (χ0v) is 16.1. The highest BCUT2D eigenvalue weighted by Crippen LogP contribution is 2.29. The number of hydrogen-bond donors (Lipinski definition) is 2. The molecule has 2 N–H and O–H groups in total. The van der Waals surface area contributed by atoms with E-state index in [4.69, 9.17) is 5.11 Å². The molecule has 1 aliphatic heterocycles. The Labute approximate surface area is 171 Å². The van der Waals surface area contributed by atoms with Crippen molar-refractivity contribution in [3.8, 4) is 5.69 Å². The molecule has 0 saturated carbocycles. The van der Waals surface area contributed by atoms with E-state index in [0.29, 0.717) is 15.6 Å². The normalized spacial score (nSPS) is 14.8. The Kier molecular flexibility index (Phi) is 5.31. The number of aliphatic imine (C=N–C) groups is 1. The van der Waals surface area contributed by atoms with Gasteiger partial charge in [-0.05, 0) is 65.4 Å².